The van der Waals surface area contributed by atoms with Crippen molar-refractivity contribution >= 4 is 55.5 Å². The normalized spacial score (nSPS) is 12.8. The number of fused-ring (bicyclic) bond motifs is 1. The van der Waals surface area contributed by atoms with Crippen LogP contribution in [0, 0.1) is 6.92 Å². The number of amides is 1. The molecule has 1 aromatic heterocycles. The number of carbonyl (C=O) groups excluding carboxylic acids is 2. The minimum absolute atomic E-state index is 0.0539. The molecule has 0 bridgehead atoms. The van der Waals surface area contributed by atoms with Crippen LogP contribution in [0.4, 0.5) is 10.7 Å². The predicted octanol–water partition coefficient (Wildman–Crippen LogP) is 5.21. The molecular formula is C25H25ClN2O5S2. The number of carbonyl (C=O) groups is 2. The summed E-state index contributed by atoms with van der Waals surface area (Å²) >= 11 is 7.47. The zero-order valence-electron chi connectivity index (χ0n) is 19.3. The van der Waals surface area contributed by atoms with Gasteiger partial charge in [-0.05, 0) is 69.0 Å². The van der Waals surface area contributed by atoms with Gasteiger partial charge in [0.25, 0.3) is 10.0 Å². The van der Waals surface area contributed by atoms with Gasteiger partial charge in [-0.3, -0.25) is 9.10 Å². The van der Waals surface area contributed by atoms with Gasteiger partial charge in [0.05, 0.1) is 22.8 Å². The monoisotopic (exact) mass is 532 g/mol. The van der Waals surface area contributed by atoms with Crippen LogP contribution in [-0.4, -0.2) is 33.4 Å². The minimum Gasteiger partial charge on any atom is -0.462 e. The van der Waals surface area contributed by atoms with Crippen LogP contribution in [0.1, 0.15) is 39.7 Å². The second-order valence-electron chi connectivity index (χ2n) is 8.13. The summed E-state index contributed by atoms with van der Waals surface area (Å²) in [7, 11) is -4.08. The van der Waals surface area contributed by atoms with Gasteiger partial charge in [-0.2, -0.15) is 0 Å². The molecule has 35 heavy (non-hydrogen) atoms. The van der Waals surface area contributed by atoms with Gasteiger partial charge in [0.2, 0.25) is 5.91 Å². The molecule has 0 radical (unpaired) electrons. The number of sulfonamides is 1. The number of nitrogens with one attached hydrogen (secondary N) is 1. The second-order valence-corrected chi connectivity index (χ2v) is 11.5. The van der Waals surface area contributed by atoms with E-state index in [-0.39, 0.29) is 17.2 Å². The van der Waals surface area contributed by atoms with Gasteiger partial charge < -0.3 is 10.1 Å². The van der Waals surface area contributed by atoms with E-state index in [0.717, 1.165) is 39.6 Å². The molecule has 1 N–H and O–H groups in total. The standard InChI is InChI=1S/C25H25ClN2O5S2/c1-3-33-25(30)23-20-8-5-9-21(20)34-24(23)27-22(29)15-28(18-7-4-6-17(26)14-18)35(31,32)19-12-10-16(2)11-13-19/h4,6-7,10-14H,3,5,8-9,15H2,1-2H3,(H,27,29). The third kappa shape index (κ3) is 5.37. The van der Waals surface area contributed by atoms with Gasteiger partial charge in [0, 0.05) is 9.90 Å². The van der Waals surface area contributed by atoms with Crippen LogP contribution in [0.3, 0.4) is 0 Å². The molecule has 0 aliphatic heterocycles. The average Bonchev–Trinajstić information content (AvgIpc) is 3.38. The van der Waals surface area contributed by atoms with E-state index in [1.165, 1.54) is 29.5 Å². The number of nitrogens with zero attached hydrogens (tertiary/aromatic N) is 1. The lowest BCUT2D eigenvalue weighted by Gasteiger charge is -2.24. The van der Waals surface area contributed by atoms with E-state index < -0.39 is 28.4 Å². The molecule has 3 aromatic rings. The average molecular weight is 533 g/mol. The quantitative estimate of drug-likeness (QED) is 0.402. The van der Waals surface area contributed by atoms with Gasteiger partial charge in [-0.15, -0.1) is 11.3 Å². The van der Waals surface area contributed by atoms with Gasteiger partial charge in [0.1, 0.15) is 11.5 Å². The Morgan fingerprint density at radius 3 is 2.57 bits per heavy atom. The van der Waals surface area contributed by atoms with Crippen LogP contribution in [0.15, 0.2) is 53.4 Å². The maximum Gasteiger partial charge on any atom is 0.341 e. The highest BCUT2D eigenvalue weighted by Crippen LogP contribution is 2.39. The number of anilines is 2. The van der Waals surface area contributed by atoms with Crippen molar-refractivity contribution in [3.05, 3.63) is 75.1 Å². The third-order valence-corrected chi connectivity index (χ3v) is 8.88. The predicted molar refractivity (Wildman–Crippen MR) is 138 cm³/mol. The summed E-state index contributed by atoms with van der Waals surface area (Å²) in [5, 5.41) is 3.49. The molecular weight excluding hydrogens is 508 g/mol. The number of halogens is 1. The van der Waals surface area contributed by atoms with E-state index in [1.807, 2.05) is 6.92 Å². The van der Waals surface area contributed by atoms with Crippen LogP contribution >= 0.6 is 22.9 Å². The number of hydrogen-bond acceptors (Lipinski definition) is 6. The maximum absolute atomic E-state index is 13.5. The van der Waals surface area contributed by atoms with Gasteiger partial charge in [-0.1, -0.05) is 35.4 Å². The molecule has 184 valence electrons. The lowest BCUT2D eigenvalue weighted by molar-refractivity contribution is -0.114. The van der Waals surface area contributed by atoms with Crippen LogP contribution in [0.25, 0.3) is 0 Å². The van der Waals surface area contributed by atoms with Gasteiger partial charge >= 0.3 is 5.97 Å². The molecule has 0 spiro atoms. The lowest BCUT2D eigenvalue weighted by atomic mass is 10.1. The number of benzene rings is 2. The zero-order chi connectivity index (χ0) is 25.2. The molecule has 1 heterocycles. The van der Waals surface area contributed by atoms with Crippen molar-refractivity contribution in [1.82, 2.24) is 0 Å². The van der Waals surface area contributed by atoms with E-state index in [1.54, 1.807) is 37.3 Å². The number of rotatable bonds is 8. The summed E-state index contributed by atoms with van der Waals surface area (Å²) in [5.74, 6) is -1.06. The first-order valence-corrected chi connectivity index (χ1v) is 13.8. The molecule has 4 rings (SSSR count). The summed E-state index contributed by atoms with van der Waals surface area (Å²) in [6.45, 7) is 3.30. The molecule has 1 amide bonds. The Bertz CT molecular complexity index is 1370. The molecule has 0 saturated heterocycles. The Morgan fingerprint density at radius 1 is 1.14 bits per heavy atom. The number of ether oxygens (including phenoxy) is 1. The first kappa shape index (κ1) is 25.2. The molecule has 0 fully saturated rings. The topological polar surface area (TPSA) is 92.8 Å². The van der Waals surface area contributed by atoms with Crippen molar-refractivity contribution in [2.24, 2.45) is 0 Å². The van der Waals surface area contributed by atoms with Crippen molar-refractivity contribution in [1.29, 1.82) is 0 Å². The van der Waals surface area contributed by atoms with E-state index in [2.05, 4.69) is 5.32 Å². The molecule has 2 aromatic carbocycles. The molecule has 0 atom stereocenters. The van der Waals surface area contributed by atoms with E-state index in [4.69, 9.17) is 16.3 Å². The van der Waals surface area contributed by atoms with Crippen molar-refractivity contribution in [3.8, 4) is 0 Å². The Labute approximate surface area is 213 Å². The lowest BCUT2D eigenvalue weighted by Crippen LogP contribution is -2.38. The fourth-order valence-corrected chi connectivity index (χ4v) is 6.88. The highest BCUT2D eigenvalue weighted by molar-refractivity contribution is 7.92. The Morgan fingerprint density at radius 2 is 1.89 bits per heavy atom. The van der Waals surface area contributed by atoms with Gasteiger partial charge in [0.15, 0.2) is 0 Å². The number of thiophene rings is 1. The summed E-state index contributed by atoms with van der Waals surface area (Å²) in [6, 6.07) is 12.7. The molecule has 0 saturated carbocycles. The molecule has 10 heteroatoms. The largest absolute Gasteiger partial charge is 0.462 e. The first-order chi connectivity index (χ1) is 16.7. The second kappa shape index (κ2) is 10.4. The van der Waals surface area contributed by atoms with Crippen LogP contribution in [-0.2, 0) is 32.4 Å². The molecule has 1 aliphatic carbocycles. The summed E-state index contributed by atoms with van der Waals surface area (Å²) in [5.41, 5.74) is 2.44. The first-order valence-electron chi connectivity index (χ1n) is 11.2. The van der Waals surface area contributed by atoms with Crippen molar-refractivity contribution in [2.75, 3.05) is 22.8 Å². The Balaban J connectivity index is 1.66. The Hall–Kier alpha value is -2.88. The summed E-state index contributed by atoms with van der Waals surface area (Å²) in [4.78, 5) is 26.9. The van der Waals surface area contributed by atoms with Crippen LogP contribution in [0.5, 0.6) is 0 Å². The molecule has 7 nitrogen and oxygen atoms in total. The fourth-order valence-electron chi connectivity index (χ4n) is 3.99. The molecule has 1 aliphatic rings. The van der Waals surface area contributed by atoms with Crippen LogP contribution < -0.4 is 9.62 Å². The number of hydrogen-bond donors (Lipinski definition) is 1. The third-order valence-electron chi connectivity index (χ3n) is 5.65. The van der Waals surface area contributed by atoms with Crippen molar-refractivity contribution < 1.29 is 22.7 Å². The van der Waals surface area contributed by atoms with Crippen LogP contribution in [0.2, 0.25) is 5.02 Å². The maximum atomic E-state index is 13.5. The van der Waals surface area contributed by atoms with E-state index >= 15 is 0 Å². The van der Waals surface area contributed by atoms with E-state index in [0.29, 0.717) is 15.6 Å². The van der Waals surface area contributed by atoms with Crippen molar-refractivity contribution in [2.45, 2.75) is 38.0 Å². The van der Waals surface area contributed by atoms with Gasteiger partial charge in [-0.25, -0.2) is 13.2 Å². The van der Waals surface area contributed by atoms with Crippen molar-refractivity contribution in [3.63, 3.8) is 0 Å². The highest BCUT2D eigenvalue weighted by Gasteiger charge is 2.31. The zero-order valence-corrected chi connectivity index (χ0v) is 21.7. The fraction of sp³-hybridized carbons (Fsp3) is 0.280. The SMILES string of the molecule is CCOC(=O)c1c(NC(=O)CN(c2cccc(Cl)c2)S(=O)(=O)c2ccc(C)cc2)sc2c1CCC2. The number of aryl methyl sites for hydroxylation is 2. The number of esters is 1. The summed E-state index contributed by atoms with van der Waals surface area (Å²) < 4.78 is 33.3. The van der Waals surface area contributed by atoms with E-state index in [9.17, 15) is 18.0 Å². The highest BCUT2D eigenvalue weighted by atomic mass is 35.5. The Kier molecular flexibility index (Phi) is 7.49. The minimum atomic E-state index is -4.08. The molecule has 0 unspecified atom stereocenters. The smallest absolute Gasteiger partial charge is 0.341 e. The summed E-state index contributed by atoms with van der Waals surface area (Å²) in [6.07, 6.45) is 2.52.